The Bertz CT molecular complexity index is 899. The van der Waals surface area contributed by atoms with Gasteiger partial charge in [-0.2, -0.15) is 0 Å². The van der Waals surface area contributed by atoms with E-state index < -0.39 is 0 Å². The van der Waals surface area contributed by atoms with Crippen molar-refractivity contribution < 1.29 is 4.74 Å². The van der Waals surface area contributed by atoms with Gasteiger partial charge in [0, 0.05) is 23.4 Å². The van der Waals surface area contributed by atoms with Crippen molar-refractivity contribution >= 4 is 33.9 Å². The molecule has 0 saturated carbocycles. The highest BCUT2D eigenvalue weighted by Crippen LogP contribution is 2.26. The fourth-order valence-corrected chi connectivity index (χ4v) is 4.46. The molecule has 0 bridgehead atoms. The molecule has 1 aliphatic heterocycles. The molecule has 26 heavy (non-hydrogen) atoms. The fraction of sp³-hybridized carbons (Fsp3) is 0.353. The van der Waals surface area contributed by atoms with Gasteiger partial charge in [0.2, 0.25) is 0 Å². The number of nitrogens with zero attached hydrogens (tertiary/aromatic N) is 3. The third-order valence-electron chi connectivity index (χ3n) is 4.06. The number of aromatic nitrogens is 4. The van der Waals surface area contributed by atoms with E-state index in [-0.39, 0.29) is 11.8 Å². The average molecular weight is 390 g/mol. The molecule has 1 atom stereocenters. The molecule has 9 heteroatoms. The molecule has 0 spiro atoms. The molecule has 1 saturated heterocycles. The van der Waals surface area contributed by atoms with Crippen LogP contribution in [0.2, 0.25) is 0 Å². The van der Waals surface area contributed by atoms with E-state index in [0.29, 0.717) is 17.5 Å². The quantitative estimate of drug-likeness (QED) is 0.604. The lowest BCUT2D eigenvalue weighted by Gasteiger charge is -2.10. The van der Waals surface area contributed by atoms with Crippen LogP contribution >= 0.6 is 23.1 Å². The highest BCUT2D eigenvalue weighted by atomic mass is 32.2. The van der Waals surface area contributed by atoms with Gasteiger partial charge >= 0.3 is 5.69 Å². The zero-order valence-electron chi connectivity index (χ0n) is 14.1. The van der Waals surface area contributed by atoms with E-state index in [1.54, 1.807) is 15.9 Å². The lowest BCUT2D eigenvalue weighted by atomic mass is 10.2. The van der Waals surface area contributed by atoms with E-state index in [1.165, 1.54) is 11.8 Å². The van der Waals surface area contributed by atoms with Crippen LogP contribution in [0.5, 0.6) is 0 Å². The summed E-state index contributed by atoms with van der Waals surface area (Å²) in [5, 5.41) is 13.5. The van der Waals surface area contributed by atoms with Gasteiger partial charge in [0.15, 0.2) is 10.3 Å². The summed E-state index contributed by atoms with van der Waals surface area (Å²) < 4.78 is 7.29. The van der Waals surface area contributed by atoms with E-state index in [1.807, 2.05) is 35.7 Å². The van der Waals surface area contributed by atoms with Gasteiger partial charge in [0.25, 0.3) is 0 Å². The van der Waals surface area contributed by atoms with Gasteiger partial charge in [-0.1, -0.05) is 30.0 Å². The summed E-state index contributed by atoms with van der Waals surface area (Å²) >= 11 is 3.07. The van der Waals surface area contributed by atoms with Gasteiger partial charge in [-0.15, -0.1) is 16.4 Å². The molecule has 1 fully saturated rings. The Morgan fingerprint density at radius 1 is 1.38 bits per heavy atom. The summed E-state index contributed by atoms with van der Waals surface area (Å²) in [6.07, 6.45) is 2.14. The smallest absolute Gasteiger partial charge is 0.344 e. The van der Waals surface area contributed by atoms with Gasteiger partial charge in [0.1, 0.15) is 0 Å². The maximum Gasteiger partial charge on any atom is 0.344 e. The van der Waals surface area contributed by atoms with Crippen LogP contribution in [0.4, 0.5) is 10.8 Å². The molecule has 136 valence electrons. The minimum absolute atomic E-state index is 0.102. The van der Waals surface area contributed by atoms with E-state index >= 15 is 0 Å². The number of ether oxygens (including phenoxy) is 1. The first-order chi connectivity index (χ1) is 12.8. The topological polar surface area (TPSA) is 84.8 Å². The molecule has 1 aliphatic rings. The molecule has 1 aromatic carbocycles. The van der Waals surface area contributed by atoms with Crippen molar-refractivity contribution in [3.8, 4) is 0 Å². The summed E-state index contributed by atoms with van der Waals surface area (Å²) in [4.78, 5) is 16.6. The van der Waals surface area contributed by atoms with Gasteiger partial charge in [0.05, 0.1) is 18.3 Å². The SMILES string of the molecule is O=c1[nH]nc(SCc2csc(Nc3ccccc3)n2)n1CC1CCCO1. The van der Waals surface area contributed by atoms with Gasteiger partial charge in [-0.25, -0.2) is 14.9 Å². The first-order valence-corrected chi connectivity index (χ1v) is 10.3. The predicted octanol–water partition coefficient (Wildman–Crippen LogP) is 3.24. The van der Waals surface area contributed by atoms with Crippen LogP contribution in [0.15, 0.2) is 45.7 Å². The number of para-hydroxylation sites is 1. The van der Waals surface area contributed by atoms with Crippen LogP contribution in [0.1, 0.15) is 18.5 Å². The molecule has 2 N–H and O–H groups in total. The molecule has 7 nitrogen and oxygen atoms in total. The molecule has 1 unspecified atom stereocenters. The normalized spacial score (nSPS) is 16.8. The monoisotopic (exact) mass is 389 g/mol. The van der Waals surface area contributed by atoms with E-state index in [0.717, 1.165) is 36.0 Å². The second-order valence-electron chi connectivity index (χ2n) is 5.98. The number of H-pyrrole nitrogens is 1. The van der Waals surface area contributed by atoms with E-state index in [4.69, 9.17) is 4.74 Å². The highest BCUT2D eigenvalue weighted by Gasteiger charge is 2.19. The Labute approximate surface area is 158 Å². The maximum atomic E-state index is 12.0. The number of hydrogen-bond acceptors (Lipinski definition) is 7. The van der Waals surface area contributed by atoms with Gasteiger partial charge < -0.3 is 10.1 Å². The van der Waals surface area contributed by atoms with Crippen molar-refractivity contribution in [3.63, 3.8) is 0 Å². The van der Waals surface area contributed by atoms with Crippen LogP contribution in [-0.2, 0) is 17.0 Å². The zero-order chi connectivity index (χ0) is 17.8. The van der Waals surface area contributed by atoms with E-state index in [9.17, 15) is 4.79 Å². The van der Waals surface area contributed by atoms with Crippen molar-refractivity contribution in [2.45, 2.75) is 36.4 Å². The summed E-state index contributed by atoms with van der Waals surface area (Å²) in [6.45, 7) is 1.32. The first kappa shape index (κ1) is 17.3. The Morgan fingerprint density at radius 2 is 2.27 bits per heavy atom. The number of aromatic amines is 1. The van der Waals surface area contributed by atoms with Crippen molar-refractivity contribution in [2.75, 3.05) is 11.9 Å². The second kappa shape index (κ2) is 8.07. The number of anilines is 2. The number of rotatable bonds is 7. The Kier molecular flexibility index (Phi) is 5.37. The average Bonchev–Trinajstić information content (AvgIpc) is 3.39. The van der Waals surface area contributed by atoms with Crippen LogP contribution in [0.3, 0.4) is 0 Å². The molecule has 4 rings (SSSR count). The standard InChI is InChI=1S/C17H19N5O2S2/c23-16-20-21-17(22(16)9-14-7-4-8-24-14)26-11-13-10-25-15(19-13)18-12-5-2-1-3-6-12/h1-3,5-6,10,14H,4,7-9,11H2,(H,18,19)(H,20,23). The van der Waals surface area contributed by atoms with Crippen molar-refractivity contribution in [1.29, 1.82) is 0 Å². The Balaban J connectivity index is 1.38. The van der Waals surface area contributed by atoms with Crippen LogP contribution in [0.25, 0.3) is 0 Å². The van der Waals surface area contributed by atoms with Crippen LogP contribution in [0, 0.1) is 0 Å². The van der Waals surface area contributed by atoms with E-state index in [2.05, 4.69) is 20.5 Å². The molecule has 0 aliphatic carbocycles. The number of thioether (sulfide) groups is 1. The summed E-state index contributed by atoms with van der Waals surface area (Å²) in [5.74, 6) is 0.656. The third kappa shape index (κ3) is 4.17. The van der Waals surface area contributed by atoms with Gasteiger partial charge in [-0.05, 0) is 25.0 Å². The molecular weight excluding hydrogens is 370 g/mol. The first-order valence-electron chi connectivity index (χ1n) is 8.44. The number of thiazole rings is 1. The number of benzene rings is 1. The number of nitrogens with one attached hydrogen (secondary N) is 2. The maximum absolute atomic E-state index is 12.0. The predicted molar refractivity (Wildman–Crippen MR) is 103 cm³/mol. The van der Waals surface area contributed by atoms with Gasteiger partial charge in [-0.3, -0.25) is 4.57 Å². The third-order valence-corrected chi connectivity index (χ3v) is 5.88. The van der Waals surface area contributed by atoms with Crippen LogP contribution in [-0.4, -0.2) is 32.5 Å². The van der Waals surface area contributed by atoms with Crippen molar-refractivity contribution in [1.82, 2.24) is 19.7 Å². The summed E-state index contributed by atoms with van der Waals surface area (Å²) in [7, 11) is 0. The molecule has 3 aromatic rings. The van der Waals surface area contributed by atoms with Crippen molar-refractivity contribution in [2.24, 2.45) is 0 Å². The minimum Gasteiger partial charge on any atom is -0.376 e. The molecule has 0 radical (unpaired) electrons. The number of hydrogen-bond donors (Lipinski definition) is 2. The molecular formula is C17H19N5O2S2. The molecule has 0 amide bonds. The lowest BCUT2D eigenvalue weighted by Crippen LogP contribution is -2.24. The Morgan fingerprint density at radius 3 is 3.08 bits per heavy atom. The second-order valence-corrected chi connectivity index (χ2v) is 7.78. The highest BCUT2D eigenvalue weighted by molar-refractivity contribution is 7.98. The minimum atomic E-state index is -0.187. The summed E-state index contributed by atoms with van der Waals surface area (Å²) in [5.41, 5.74) is 1.78. The lowest BCUT2D eigenvalue weighted by molar-refractivity contribution is 0.0941. The Hall–Kier alpha value is -2.10. The molecule has 2 aromatic heterocycles. The molecule has 3 heterocycles. The largest absolute Gasteiger partial charge is 0.376 e. The zero-order valence-corrected chi connectivity index (χ0v) is 15.7. The fourth-order valence-electron chi connectivity index (χ4n) is 2.78. The summed E-state index contributed by atoms with van der Waals surface area (Å²) in [6, 6.07) is 9.96. The van der Waals surface area contributed by atoms with Crippen molar-refractivity contribution in [3.05, 3.63) is 51.9 Å². The van der Waals surface area contributed by atoms with Crippen LogP contribution < -0.4 is 11.0 Å².